The molecular weight excluding hydrogens is 184 g/mol. The van der Waals surface area contributed by atoms with Gasteiger partial charge in [0.05, 0.1) is 0 Å². The molecule has 15 heavy (non-hydrogen) atoms. The summed E-state index contributed by atoms with van der Waals surface area (Å²) < 4.78 is 0. The Labute approximate surface area is 95.4 Å². The maximum Gasteiger partial charge on any atom is 0.0107 e. The number of hydrogen-bond acceptors (Lipinski definition) is 2. The van der Waals surface area contributed by atoms with Gasteiger partial charge in [-0.3, -0.25) is 0 Å². The molecule has 0 aromatic heterocycles. The van der Waals surface area contributed by atoms with Crippen LogP contribution in [0.4, 0.5) is 0 Å². The first-order valence-corrected chi connectivity index (χ1v) is 6.62. The van der Waals surface area contributed by atoms with Gasteiger partial charge in [-0.25, -0.2) is 0 Å². The second-order valence-corrected chi connectivity index (χ2v) is 5.04. The largest absolute Gasteiger partial charge is 0.312 e. The third-order valence-electron chi connectivity index (χ3n) is 3.85. The molecule has 1 aliphatic carbocycles. The second kappa shape index (κ2) is 6.49. The summed E-state index contributed by atoms with van der Waals surface area (Å²) in [4.78, 5) is 2.45. The lowest BCUT2D eigenvalue weighted by molar-refractivity contribution is 0.246. The molecule has 90 valence electrons. The van der Waals surface area contributed by atoms with E-state index in [0.29, 0.717) is 6.04 Å². The first-order chi connectivity index (χ1) is 7.19. The summed E-state index contributed by atoms with van der Waals surface area (Å²) in [7, 11) is 2.23. The van der Waals surface area contributed by atoms with Gasteiger partial charge in [-0.05, 0) is 45.6 Å². The number of nitrogens with zero attached hydrogens (tertiary/aromatic N) is 1. The highest BCUT2D eigenvalue weighted by molar-refractivity contribution is 4.85. The first-order valence-electron chi connectivity index (χ1n) is 6.62. The zero-order valence-electron chi connectivity index (χ0n) is 10.9. The lowest BCUT2D eigenvalue weighted by atomic mass is 10.1. The molecule has 1 aliphatic rings. The molecule has 2 heteroatoms. The molecule has 1 fully saturated rings. The van der Waals surface area contributed by atoms with Gasteiger partial charge >= 0.3 is 0 Å². The highest BCUT2D eigenvalue weighted by atomic mass is 15.1. The third-order valence-corrected chi connectivity index (χ3v) is 3.85. The molecule has 0 saturated heterocycles. The number of likely N-dealkylation sites (N-methyl/N-ethyl adjacent to an activating group) is 1. The van der Waals surface area contributed by atoms with E-state index in [4.69, 9.17) is 0 Å². The quantitative estimate of drug-likeness (QED) is 0.665. The van der Waals surface area contributed by atoms with Crippen LogP contribution in [0, 0.1) is 5.92 Å². The Morgan fingerprint density at radius 2 is 1.93 bits per heavy atom. The second-order valence-electron chi connectivity index (χ2n) is 5.04. The molecule has 1 saturated carbocycles. The molecule has 1 rings (SSSR count). The topological polar surface area (TPSA) is 15.3 Å². The number of hydrogen-bond donors (Lipinski definition) is 1. The van der Waals surface area contributed by atoms with Crippen molar-refractivity contribution in [3.8, 4) is 0 Å². The average Bonchev–Trinajstić information content (AvgIpc) is 3.06. The van der Waals surface area contributed by atoms with Gasteiger partial charge in [-0.15, -0.1) is 0 Å². The summed E-state index contributed by atoms with van der Waals surface area (Å²) in [5, 5.41) is 3.70. The Balaban J connectivity index is 2.08. The Morgan fingerprint density at radius 3 is 2.40 bits per heavy atom. The molecule has 0 bridgehead atoms. The zero-order valence-corrected chi connectivity index (χ0v) is 10.9. The van der Waals surface area contributed by atoms with Crippen molar-refractivity contribution in [2.75, 3.05) is 20.1 Å². The van der Waals surface area contributed by atoms with Crippen LogP contribution >= 0.6 is 0 Å². The van der Waals surface area contributed by atoms with Crippen molar-refractivity contribution >= 4 is 0 Å². The Hall–Kier alpha value is -0.0800. The van der Waals surface area contributed by atoms with E-state index >= 15 is 0 Å². The molecule has 0 spiro atoms. The van der Waals surface area contributed by atoms with Gasteiger partial charge < -0.3 is 10.2 Å². The van der Waals surface area contributed by atoms with E-state index in [1.807, 2.05) is 0 Å². The van der Waals surface area contributed by atoms with Crippen LogP contribution in [0.5, 0.6) is 0 Å². The van der Waals surface area contributed by atoms with Crippen molar-refractivity contribution in [3.63, 3.8) is 0 Å². The van der Waals surface area contributed by atoms with Crippen LogP contribution in [-0.4, -0.2) is 37.1 Å². The van der Waals surface area contributed by atoms with E-state index in [9.17, 15) is 0 Å². The number of rotatable bonds is 8. The molecule has 2 atom stereocenters. The van der Waals surface area contributed by atoms with Crippen molar-refractivity contribution < 1.29 is 0 Å². The fourth-order valence-electron chi connectivity index (χ4n) is 2.10. The van der Waals surface area contributed by atoms with Gasteiger partial charge in [0, 0.05) is 25.2 Å². The van der Waals surface area contributed by atoms with Gasteiger partial charge in [0.2, 0.25) is 0 Å². The van der Waals surface area contributed by atoms with Crippen molar-refractivity contribution in [2.45, 2.75) is 58.5 Å². The van der Waals surface area contributed by atoms with E-state index in [0.717, 1.165) is 18.5 Å². The van der Waals surface area contributed by atoms with Gasteiger partial charge in [-0.1, -0.05) is 13.8 Å². The van der Waals surface area contributed by atoms with Crippen LogP contribution in [0.15, 0.2) is 0 Å². The van der Waals surface area contributed by atoms with E-state index in [-0.39, 0.29) is 0 Å². The summed E-state index contributed by atoms with van der Waals surface area (Å²) in [5.41, 5.74) is 0. The van der Waals surface area contributed by atoms with Crippen molar-refractivity contribution in [2.24, 2.45) is 5.92 Å². The van der Waals surface area contributed by atoms with Crippen LogP contribution in [0.25, 0.3) is 0 Å². The molecule has 0 amide bonds. The van der Waals surface area contributed by atoms with Crippen LogP contribution < -0.4 is 5.32 Å². The summed E-state index contributed by atoms with van der Waals surface area (Å²) in [6.45, 7) is 9.19. The summed E-state index contributed by atoms with van der Waals surface area (Å²) in [6, 6.07) is 1.50. The Kier molecular flexibility index (Phi) is 5.62. The Bertz CT molecular complexity index is 166. The summed E-state index contributed by atoms with van der Waals surface area (Å²) >= 11 is 0. The standard InChI is InChI=1S/C13H28N2/c1-5-11(3)15(4)10-9-14-13(6-2)12-7-8-12/h11-14H,5-10H2,1-4H3. The maximum atomic E-state index is 3.70. The summed E-state index contributed by atoms with van der Waals surface area (Å²) in [6.07, 6.45) is 5.44. The van der Waals surface area contributed by atoms with E-state index < -0.39 is 0 Å². The molecule has 0 radical (unpaired) electrons. The molecule has 1 N–H and O–H groups in total. The van der Waals surface area contributed by atoms with E-state index in [1.54, 1.807) is 0 Å². The fraction of sp³-hybridized carbons (Fsp3) is 1.00. The molecular formula is C13H28N2. The zero-order chi connectivity index (χ0) is 11.3. The molecule has 0 aromatic rings. The van der Waals surface area contributed by atoms with Crippen LogP contribution in [0.3, 0.4) is 0 Å². The first kappa shape index (κ1) is 13.0. The SMILES string of the molecule is CCC(NCCN(C)C(C)CC)C1CC1. The molecule has 0 aromatic carbocycles. The highest BCUT2D eigenvalue weighted by Gasteiger charge is 2.29. The highest BCUT2D eigenvalue weighted by Crippen LogP contribution is 2.33. The molecule has 2 nitrogen and oxygen atoms in total. The maximum absolute atomic E-state index is 3.70. The molecule has 0 aliphatic heterocycles. The van der Waals surface area contributed by atoms with E-state index in [2.05, 4.69) is 38.0 Å². The minimum Gasteiger partial charge on any atom is -0.312 e. The van der Waals surface area contributed by atoms with Crippen molar-refractivity contribution in [1.82, 2.24) is 10.2 Å². The van der Waals surface area contributed by atoms with Crippen LogP contribution in [0.1, 0.15) is 46.5 Å². The minimum absolute atomic E-state index is 0.716. The van der Waals surface area contributed by atoms with Gasteiger partial charge in [0.1, 0.15) is 0 Å². The summed E-state index contributed by atoms with van der Waals surface area (Å²) in [5.74, 6) is 0.990. The predicted octanol–water partition coefficient (Wildman–Crippen LogP) is 2.49. The van der Waals surface area contributed by atoms with Crippen molar-refractivity contribution in [3.05, 3.63) is 0 Å². The lowest BCUT2D eigenvalue weighted by Crippen LogP contribution is -2.39. The smallest absolute Gasteiger partial charge is 0.0107 e. The van der Waals surface area contributed by atoms with Crippen LogP contribution in [0.2, 0.25) is 0 Å². The average molecular weight is 212 g/mol. The molecule has 0 heterocycles. The van der Waals surface area contributed by atoms with Gasteiger partial charge in [-0.2, -0.15) is 0 Å². The van der Waals surface area contributed by atoms with Crippen LogP contribution in [-0.2, 0) is 0 Å². The monoisotopic (exact) mass is 212 g/mol. The number of nitrogens with one attached hydrogen (secondary N) is 1. The lowest BCUT2D eigenvalue weighted by Gasteiger charge is -2.25. The molecule has 2 unspecified atom stereocenters. The van der Waals surface area contributed by atoms with Crippen molar-refractivity contribution in [1.29, 1.82) is 0 Å². The fourth-order valence-corrected chi connectivity index (χ4v) is 2.10. The van der Waals surface area contributed by atoms with E-state index in [1.165, 1.54) is 32.2 Å². The third kappa shape index (κ3) is 4.52. The van der Waals surface area contributed by atoms with Gasteiger partial charge in [0.15, 0.2) is 0 Å². The minimum atomic E-state index is 0.716. The Morgan fingerprint density at radius 1 is 1.27 bits per heavy atom. The van der Waals surface area contributed by atoms with Gasteiger partial charge in [0.25, 0.3) is 0 Å². The normalized spacial score (nSPS) is 20.6. The predicted molar refractivity (Wildman–Crippen MR) is 67.2 cm³/mol.